The zero-order valence-corrected chi connectivity index (χ0v) is 16.6. The Labute approximate surface area is 161 Å². The summed E-state index contributed by atoms with van der Waals surface area (Å²) in [6.07, 6.45) is 0.452. The molecule has 0 aliphatic carbocycles. The Balaban J connectivity index is 2.16. The van der Waals surface area contributed by atoms with Crippen LogP contribution in [0.1, 0.15) is 39.2 Å². The molecule has 3 rings (SSSR count). The van der Waals surface area contributed by atoms with Crippen molar-refractivity contribution in [3.8, 4) is 5.75 Å². The number of nitrogens with zero attached hydrogens (tertiary/aromatic N) is 3. The number of fused-ring (bicyclic) bond motifs is 2. The molecule has 0 bridgehead atoms. The summed E-state index contributed by atoms with van der Waals surface area (Å²) in [5.41, 5.74) is 1.34. The van der Waals surface area contributed by atoms with Crippen molar-refractivity contribution in [1.29, 1.82) is 0 Å². The van der Waals surface area contributed by atoms with Gasteiger partial charge in [-0.25, -0.2) is 0 Å². The number of carbonyl (C=O) groups excluding carboxylic acids is 3. The van der Waals surface area contributed by atoms with E-state index < -0.39 is 4.87 Å². The fourth-order valence-corrected chi connectivity index (χ4v) is 4.45. The zero-order chi connectivity index (χ0) is 19.8. The fraction of sp³-hybridized carbons (Fsp3) is 0.444. The second kappa shape index (κ2) is 7.22. The molecular formula is C18H22N4O4S. The summed E-state index contributed by atoms with van der Waals surface area (Å²) in [7, 11) is 1.54. The normalized spacial score (nSPS) is 20.7. The van der Waals surface area contributed by atoms with Crippen LogP contribution in [0.15, 0.2) is 23.3 Å². The number of likely N-dealkylation sites (N-methyl/N-ethyl adjacent to an activating group) is 1. The van der Waals surface area contributed by atoms with E-state index in [0.717, 1.165) is 11.8 Å². The van der Waals surface area contributed by atoms with Crippen molar-refractivity contribution in [2.75, 3.05) is 18.6 Å². The van der Waals surface area contributed by atoms with E-state index in [2.05, 4.69) is 10.4 Å². The first-order valence-corrected chi connectivity index (χ1v) is 9.65. The van der Waals surface area contributed by atoms with Gasteiger partial charge < -0.3 is 15.0 Å². The summed E-state index contributed by atoms with van der Waals surface area (Å²) in [5, 5.41) is 8.43. The van der Waals surface area contributed by atoms with Gasteiger partial charge in [-0.05, 0) is 36.9 Å². The average molecular weight is 390 g/mol. The van der Waals surface area contributed by atoms with Crippen molar-refractivity contribution < 1.29 is 19.1 Å². The van der Waals surface area contributed by atoms with Crippen LogP contribution in [0.4, 0.5) is 5.69 Å². The number of nitrogens with one attached hydrogen (secondary N) is 1. The van der Waals surface area contributed by atoms with Crippen LogP contribution in [0.25, 0.3) is 0 Å². The summed E-state index contributed by atoms with van der Waals surface area (Å²) in [4.78, 5) is 38.2. The molecule has 0 unspecified atom stereocenters. The molecule has 0 radical (unpaired) electrons. The molecule has 1 aromatic rings. The number of hydrazone groups is 1. The zero-order valence-electron chi connectivity index (χ0n) is 15.7. The minimum Gasteiger partial charge on any atom is -0.497 e. The Morgan fingerprint density at radius 3 is 2.59 bits per heavy atom. The monoisotopic (exact) mass is 390 g/mol. The molecule has 2 aliphatic heterocycles. The molecular weight excluding hydrogens is 368 g/mol. The molecule has 3 amide bonds. The van der Waals surface area contributed by atoms with E-state index in [0.29, 0.717) is 23.5 Å². The molecule has 144 valence electrons. The number of benzene rings is 1. The molecule has 2 heterocycles. The maximum atomic E-state index is 13.4. The Kier molecular flexibility index (Phi) is 5.14. The third-order valence-electron chi connectivity index (χ3n) is 4.55. The molecule has 1 aromatic carbocycles. The second-order valence-corrected chi connectivity index (χ2v) is 7.23. The van der Waals surface area contributed by atoms with Crippen LogP contribution >= 0.6 is 11.8 Å². The maximum absolute atomic E-state index is 13.4. The minimum absolute atomic E-state index is 0.180. The largest absolute Gasteiger partial charge is 0.497 e. The number of hydrogen-bond acceptors (Lipinski definition) is 6. The average Bonchev–Trinajstić information content (AvgIpc) is 3.17. The summed E-state index contributed by atoms with van der Waals surface area (Å²) < 4.78 is 5.33. The number of amides is 3. The summed E-state index contributed by atoms with van der Waals surface area (Å²) in [6, 6.07) is 5.34. The fourth-order valence-electron chi connectivity index (χ4n) is 3.18. The van der Waals surface area contributed by atoms with E-state index >= 15 is 0 Å². The molecule has 9 heteroatoms. The van der Waals surface area contributed by atoms with Crippen molar-refractivity contribution in [1.82, 2.24) is 10.3 Å². The van der Waals surface area contributed by atoms with Gasteiger partial charge in [0, 0.05) is 24.9 Å². The number of anilines is 1. The van der Waals surface area contributed by atoms with Gasteiger partial charge >= 0.3 is 0 Å². The summed E-state index contributed by atoms with van der Waals surface area (Å²) in [6.45, 7) is 5.75. The summed E-state index contributed by atoms with van der Waals surface area (Å²) >= 11 is 1.08. The van der Waals surface area contributed by atoms with E-state index in [1.54, 1.807) is 38.0 Å². The molecule has 0 fully saturated rings. The number of carbonyl (C=O) groups is 3. The SMILES string of the molecule is CCC(=O)NC1=NN(C(=O)CC)[C@]2(S1)C(=O)N(CC)c1ccc(OC)cc12. The highest BCUT2D eigenvalue weighted by atomic mass is 32.2. The predicted octanol–water partition coefficient (Wildman–Crippen LogP) is 2.00. The standard InChI is InChI=1S/C18H22N4O4S/c1-5-14(23)19-17-20-22(15(24)6-2)18(27-17)12-10-11(26-4)8-9-13(12)21(7-3)16(18)25/h8-10H,5-7H2,1-4H3,(H,19,20,23)/t18-/m1/s1. The highest BCUT2D eigenvalue weighted by molar-refractivity contribution is 8.15. The molecule has 27 heavy (non-hydrogen) atoms. The van der Waals surface area contributed by atoms with Crippen LogP contribution < -0.4 is 15.0 Å². The molecule has 1 N–H and O–H groups in total. The van der Waals surface area contributed by atoms with Crippen LogP contribution in [0.5, 0.6) is 5.75 Å². The van der Waals surface area contributed by atoms with Crippen LogP contribution in [-0.2, 0) is 19.3 Å². The quantitative estimate of drug-likeness (QED) is 0.849. The maximum Gasteiger partial charge on any atom is 0.270 e. The predicted molar refractivity (Wildman–Crippen MR) is 103 cm³/mol. The third kappa shape index (κ3) is 2.86. The smallest absolute Gasteiger partial charge is 0.270 e. The minimum atomic E-state index is -1.37. The molecule has 2 aliphatic rings. The lowest BCUT2D eigenvalue weighted by atomic mass is 10.1. The van der Waals surface area contributed by atoms with E-state index in [1.807, 2.05) is 13.0 Å². The van der Waals surface area contributed by atoms with E-state index in [-0.39, 0.29) is 35.7 Å². The van der Waals surface area contributed by atoms with Crippen LogP contribution in [0.2, 0.25) is 0 Å². The Bertz CT molecular complexity index is 841. The summed E-state index contributed by atoms with van der Waals surface area (Å²) in [5.74, 6) is -0.215. The van der Waals surface area contributed by atoms with Crippen molar-refractivity contribution in [3.63, 3.8) is 0 Å². The highest BCUT2D eigenvalue weighted by Gasteiger charge is 2.61. The number of ether oxygens (including phenoxy) is 1. The van der Waals surface area contributed by atoms with Crippen LogP contribution in [0, 0.1) is 0 Å². The van der Waals surface area contributed by atoms with Gasteiger partial charge in [0.25, 0.3) is 5.91 Å². The first-order valence-electron chi connectivity index (χ1n) is 8.83. The first-order chi connectivity index (χ1) is 12.9. The van der Waals surface area contributed by atoms with Gasteiger partial charge in [-0.3, -0.25) is 14.4 Å². The van der Waals surface area contributed by atoms with Crippen molar-refractivity contribution in [3.05, 3.63) is 23.8 Å². The van der Waals surface area contributed by atoms with E-state index in [1.165, 1.54) is 5.01 Å². The number of hydrogen-bond donors (Lipinski definition) is 1. The Hall–Kier alpha value is -2.55. The van der Waals surface area contributed by atoms with E-state index in [9.17, 15) is 14.4 Å². The Morgan fingerprint density at radius 1 is 1.26 bits per heavy atom. The Morgan fingerprint density at radius 2 is 2.00 bits per heavy atom. The number of amidine groups is 1. The van der Waals surface area contributed by atoms with Gasteiger partial charge in [-0.1, -0.05) is 13.8 Å². The van der Waals surface area contributed by atoms with Gasteiger partial charge in [0.2, 0.25) is 16.7 Å². The topological polar surface area (TPSA) is 91.3 Å². The molecule has 0 saturated heterocycles. The number of rotatable bonds is 4. The van der Waals surface area contributed by atoms with Crippen LogP contribution in [-0.4, -0.2) is 41.6 Å². The third-order valence-corrected chi connectivity index (χ3v) is 5.79. The van der Waals surface area contributed by atoms with E-state index in [4.69, 9.17) is 4.74 Å². The highest BCUT2D eigenvalue weighted by Crippen LogP contribution is 2.55. The van der Waals surface area contributed by atoms with Gasteiger partial charge in [0.1, 0.15) is 5.75 Å². The molecule has 0 saturated carbocycles. The molecule has 8 nitrogen and oxygen atoms in total. The van der Waals surface area contributed by atoms with Gasteiger partial charge in [0.05, 0.1) is 12.8 Å². The first kappa shape index (κ1) is 19.2. The lowest BCUT2D eigenvalue weighted by Crippen LogP contribution is -2.49. The lowest BCUT2D eigenvalue weighted by Gasteiger charge is -2.30. The molecule has 1 atom stereocenters. The van der Waals surface area contributed by atoms with Crippen LogP contribution in [0.3, 0.4) is 0 Å². The van der Waals surface area contributed by atoms with Gasteiger partial charge in [-0.2, -0.15) is 5.01 Å². The number of thioether (sulfide) groups is 1. The van der Waals surface area contributed by atoms with Crippen molar-refractivity contribution in [2.45, 2.75) is 38.5 Å². The van der Waals surface area contributed by atoms with Gasteiger partial charge in [0.15, 0.2) is 5.17 Å². The van der Waals surface area contributed by atoms with Gasteiger partial charge in [-0.15, -0.1) is 5.10 Å². The molecule has 1 spiro atoms. The van der Waals surface area contributed by atoms with Crippen molar-refractivity contribution >= 4 is 40.3 Å². The molecule has 0 aromatic heterocycles. The second-order valence-electron chi connectivity index (χ2n) is 6.04. The lowest BCUT2D eigenvalue weighted by molar-refractivity contribution is -0.140. The van der Waals surface area contributed by atoms with Crippen molar-refractivity contribution in [2.24, 2.45) is 5.10 Å². The number of methoxy groups -OCH3 is 1.